The third kappa shape index (κ3) is 4.88. The van der Waals surface area contributed by atoms with Crippen molar-refractivity contribution in [3.8, 4) is 11.5 Å². The molecular formula is C24H28N2O5. The number of anilines is 1. The molecule has 0 saturated heterocycles. The molecule has 0 unspecified atom stereocenters. The number of hydrogen-bond acceptors (Lipinski definition) is 6. The number of ether oxygens (including phenoxy) is 3. The predicted molar refractivity (Wildman–Crippen MR) is 119 cm³/mol. The topological polar surface area (TPSA) is 77.1 Å². The van der Waals surface area contributed by atoms with E-state index in [0.29, 0.717) is 42.3 Å². The van der Waals surface area contributed by atoms with Crippen LogP contribution in [0.5, 0.6) is 11.5 Å². The zero-order valence-electron chi connectivity index (χ0n) is 18.4. The van der Waals surface area contributed by atoms with Gasteiger partial charge >= 0.3 is 0 Å². The highest BCUT2D eigenvalue weighted by atomic mass is 16.5. The van der Waals surface area contributed by atoms with Gasteiger partial charge in [-0.2, -0.15) is 0 Å². The van der Waals surface area contributed by atoms with Gasteiger partial charge < -0.3 is 19.5 Å². The van der Waals surface area contributed by atoms with Gasteiger partial charge in [-0.1, -0.05) is 18.2 Å². The third-order valence-corrected chi connectivity index (χ3v) is 5.00. The Labute approximate surface area is 182 Å². The summed E-state index contributed by atoms with van der Waals surface area (Å²) in [6.07, 6.45) is 0.572. The first-order chi connectivity index (χ1) is 15.0. The average Bonchev–Trinajstić information content (AvgIpc) is 3.00. The van der Waals surface area contributed by atoms with Gasteiger partial charge in [-0.25, -0.2) is 0 Å². The number of aryl methyl sites for hydroxylation is 1. The fourth-order valence-electron chi connectivity index (χ4n) is 3.49. The van der Waals surface area contributed by atoms with Gasteiger partial charge in [0.1, 0.15) is 5.70 Å². The van der Waals surface area contributed by atoms with E-state index in [2.05, 4.69) is 5.32 Å². The van der Waals surface area contributed by atoms with Gasteiger partial charge in [0.15, 0.2) is 11.5 Å². The molecule has 1 N–H and O–H groups in total. The van der Waals surface area contributed by atoms with E-state index in [1.54, 1.807) is 25.3 Å². The summed E-state index contributed by atoms with van der Waals surface area (Å²) in [7, 11) is 3.08. The van der Waals surface area contributed by atoms with Gasteiger partial charge in [-0.3, -0.25) is 14.5 Å². The van der Waals surface area contributed by atoms with Crippen LogP contribution in [0.3, 0.4) is 0 Å². The minimum Gasteiger partial charge on any atom is -0.493 e. The Balaban J connectivity index is 2.00. The number of benzene rings is 2. The van der Waals surface area contributed by atoms with Crippen molar-refractivity contribution in [3.05, 3.63) is 59.3 Å². The highest BCUT2D eigenvalue weighted by molar-refractivity contribution is 6.36. The molecule has 2 aromatic carbocycles. The monoisotopic (exact) mass is 424 g/mol. The molecule has 0 bridgehead atoms. The largest absolute Gasteiger partial charge is 0.493 e. The molecule has 1 aliphatic rings. The van der Waals surface area contributed by atoms with Gasteiger partial charge in [0, 0.05) is 25.4 Å². The third-order valence-electron chi connectivity index (χ3n) is 5.00. The second-order valence-electron chi connectivity index (χ2n) is 7.13. The summed E-state index contributed by atoms with van der Waals surface area (Å²) in [4.78, 5) is 27.8. The molecule has 2 aromatic rings. The fourth-order valence-corrected chi connectivity index (χ4v) is 3.49. The minimum absolute atomic E-state index is 0.249. The van der Waals surface area contributed by atoms with E-state index in [-0.39, 0.29) is 24.1 Å². The summed E-state index contributed by atoms with van der Waals surface area (Å²) >= 11 is 0. The fraction of sp³-hybridized carbons (Fsp3) is 0.333. The molecule has 0 saturated carbocycles. The number of nitrogens with zero attached hydrogens (tertiary/aromatic N) is 1. The van der Waals surface area contributed by atoms with E-state index in [9.17, 15) is 9.59 Å². The molecule has 1 aliphatic heterocycles. The number of methoxy groups -OCH3 is 2. The average molecular weight is 424 g/mol. The van der Waals surface area contributed by atoms with Crippen molar-refractivity contribution in [2.24, 2.45) is 0 Å². The molecule has 7 heteroatoms. The molecule has 0 atom stereocenters. The van der Waals surface area contributed by atoms with Crippen LogP contribution in [0.4, 0.5) is 5.69 Å². The maximum atomic E-state index is 13.3. The number of carbonyl (C=O) groups is 2. The molecule has 31 heavy (non-hydrogen) atoms. The Bertz CT molecular complexity index is 999. The normalized spacial score (nSPS) is 13.7. The quantitative estimate of drug-likeness (QED) is 0.464. The van der Waals surface area contributed by atoms with E-state index in [0.717, 1.165) is 11.3 Å². The standard InChI is InChI=1S/C24H28N2O5/c1-5-31-13-7-12-26-23(27)21(17-10-11-19(29-3)20(15-17)30-4)22(24(26)28)25-18-9-6-8-16(2)14-18/h6,8-11,14-15,25H,5,7,12-13H2,1-4H3. The van der Waals surface area contributed by atoms with Crippen molar-refractivity contribution in [1.82, 2.24) is 4.90 Å². The zero-order valence-corrected chi connectivity index (χ0v) is 18.4. The first-order valence-electron chi connectivity index (χ1n) is 10.2. The highest BCUT2D eigenvalue weighted by Gasteiger charge is 2.39. The van der Waals surface area contributed by atoms with Crippen molar-refractivity contribution in [2.75, 3.05) is 39.3 Å². The van der Waals surface area contributed by atoms with Crippen molar-refractivity contribution < 1.29 is 23.8 Å². The molecule has 3 rings (SSSR count). The lowest BCUT2D eigenvalue weighted by atomic mass is 10.0. The first kappa shape index (κ1) is 22.4. The number of amides is 2. The van der Waals surface area contributed by atoms with Crippen LogP contribution >= 0.6 is 0 Å². The summed E-state index contributed by atoms with van der Waals surface area (Å²) in [6, 6.07) is 12.8. The van der Waals surface area contributed by atoms with E-state index in [4.69, 9.17) is 14.2 Å². The van der Waals surface area contributed by atoms with Crippen LogP contribution < -0.4 is 14.8 Å². The molecule has 7 nitrogen and oxygen atoms in total. The minimum atomic E-state index is -0.354. The predicted octanol–water partition coefficient (Wildman–Crippen LogP) is 3.63. The second kappa shape index (κ2) is 10.1. The van der Waals surface area contributed by atoms with Gasteiger partial charge in [0.25, 0.3) is 11.8 Å². The number of carbonyl (C=O) groups excluding carboxylic acids is 2. The van der Waals surface area contributed by atoms with Crippen molar-refractivity contribution in [1.29, 1.82) is 0 Å². The number of nitrogens with one attached hydrogen (secondary N) is 1. The van der Waals surface area contributed by atoms with Crippen LogP contribution in [0.1, 0.15) is 24.5 Å². The Hall–Kier alpha value is -3.32. The molecule has 0 aliphatic carbocycles. The van der Waals surface area contributed by atoms with Gasteiger partial charge in [0.05, 0.1) is 19.8 Å². The SMILES string of the molecule is CCOCCCN1C(=O)C(Nc2cccc(C)c2)=C(c2ccc(OC)c(OC)c2)C1=O. The van der Waals surface area contributed by atoms with Crippen molar-refractivity contribution in [2.45, 2.75) is 20.3 Å². The van der Waals surface area contributed by atoms with E-state index >= 15 is 0 Å². The van der Waals surface area contributed by atoms with Crippen LogP contribution in [-0.4, -0.2) is 50.7 Å². The summed E-state index contributed by atoms with van der Waals surface area (Å²) in [5.74, 6) is 0.333. The smallest absolute Gasteiger partial charge is 0.278 e. The first-order valence-corrected chi connectivity index (χ1v) is 10.2. The summed E-state index contributed by atoms with van der Waals surface area (Å²) in [6.45, 7) is 5.24. The van der Waals surface area contributed by atoms with Gasteiger partial charge in [-0.05, 0) is 55.7 Å². The van der Waals surface area contributed by atoms with E-state index in [1.165, 1.54) is 12.0 Å². The molecular weight excluding hydrogens is 396 g/mol. The molecule has 0 spiro atoms. The summed E-state index contributed by atoms with van der Waals surface area (Å²) in [5, 5.41) is 3.17. The molecule has 164 valence electrons. The molecule has 0 aromatic heterocycles. The lowest BCUT2D eigenvalue weighted by molar-refractivity contribution is -0.137. The van der Waals surface area contributed by atoms with Gasteiger partial charge in [-0.15, -0.1) is 0 Å². The highest BCUT2D eigenvalue weighted by Crippen LogP contribution is 2.35. The van der Waals surface area contributed by atoms with Crippen LogP contribution in [0.25, 0.3) is 5.57 Å². The Kier molecular flexibility index (Phi) is 7.31. The zero-order chi connectivity index (χ0) is 22.4. The summed E-state index contributed by atoms with van der Waals surface area (Å²) < 4.78 is 16.1. The second-order valence-corrected chi connectivity index (χ2v) is 7.13. The van der Waals surface area contributed by atoms with Crippen LogP contribution in [0, 0.1) is 6.92 Å². The number of imide groups is 1. The van der Waals surface area contributed by atoms with Crippen LogP contribution in [0.2, 0.25) is 0 Å². The summed E-state index contributed by atoms with van der Waals surface area (Å²) in [5.41, 5.74) is 2.93. The number of rotatable bonds is 10. The molecule has 2 amide bonds. The van der Waals surface area contributed by atoms with Gasteiger partial charge in [0.2, 0.25) is 0 Å². The van der Waals surface area contributed by atoms with Crippen LogP contribution in [-0.2, 0) is 14.3 Å². The maximum Gasteiger partial charge on any atom is 0.278 e. The molecule has 0 fully saturated rings. The maximum absolute atomic E-state index is 13.3. The Morgan fingerprint density at radius 2 is 1.74 bits per heavy atom. The Morgan fingerprint density at radius 3 is 2.42 bits per heavy atom. The lowest BCUT2D eigenvalue weighted by Gasteiger charge is -2.15. The molecule has 0 radical (unpaired) electrons. The number of hydrogen-bond donors (Lipinski definition) is 1. The lowest BCUT2D eigenvalue weighted by Crippen LogP contribution is -2.34. The van der Waals surface area contributed by atoms with Crippen LogP contribution in [0.15, 0.2) is 48.2 Å². The molecule has 1 heterocycles. The van der Waals surface area contributed by atoms with E-state index < -0.39 is 0 Å². The van der Waals surface area contributed by atoms with E-state index in [1.807, 2.05) is 38.1 Å². The van der Waals surface area contributed by atoms with Crippen molar-refractivity contribution >= 4 is 23.1 Å². The Morgan fingerprint density at radius 1 is 0.968 bits per heavy atom. The van der Waals surface area contributed by atoms with Crippen molar-refractivity contribution in [3.63, 3.8) is 0 Å².